The zero-order valence-electron chi connectivity index (χ0n) is 22.8. The zero-order chi connectivity index (χ0) is 28.8. The number of carbonyl (C=O) groups excluding carboxylic acids is 3. The fourth-order valence-electron chi connectivity index (χ4n) is 4.15. The van der Waals surface area contributed by atoms with Gasteiger partial charge in [-0.15, -0.1) is 0 Å². The number of benzene rings is 3. The van der Waals surface area contributed by atoms with Crippen molar-refractivity contribution in [1.82, 2.24) is 5.32 Å². The van der Waals surface area contributed by atoms with Crippen molar-refractivity contribution in [1.29, 1.82) is 0 Å². The zero-order valence-corrected chi connectivity index (χ0v) is 23.6. The SMILES string of the molecule is CC[C@H](C)c1ccc(OCCOc2c(Cl)cc(/C=C3/C(=O)NC(=O)N(c4ccc(C)cc4)C3=O)cc2OC)cc1. The summed E-state index contributed by atoms with van der Waals surface area (Å²) < 4.78 is 17.1. The molecule has 0 radical (unpaired) electrons. The molecule has 1 aliphatic heterocycles. The predicted molar refractivity (Wildman–Crippen MR) is 154 cm³/mol. The molecule has 0 aliphatic carbocycles. The number of halogens is 1. The number of barbiturate groups is 1. The molecule has 1 atom stereocenters. The van der Waals surface area contributed by atoms with E-state index < -0.39 is 17.8 Å². The Morgan fingerprint density at radius 1 is 0.975 bits per heavy atom. The number of imide groups is 2. The molecule has 4 rings (SSSR count). The number of rotatable bonds is 10. The molecule has 0 unspecified atom stereocenters. The third-order valence-electron chi connectivity index (χ3n) is 6.62. The van der Waals surface area contributed by atoms with E-state index in [1.54, 1.807) is 36.4 Å². The smallest absolute Gasteiger partial charge is 0.335 e. The summed E-state index contributed by atoms with van der Waals surface area (Å²) >= 11 is 6.50. The quantitative estimate of drug-likeness (QED) is 0.177. The monoisotopic (exact) mass is 562 g/mol. The van der Waals surface area contributed by atoms with E-state index in [4.69, 9.17) is 25.8 Å². The van der Waals surface area contributed by atoms with Crippen molar-refractivity contribution in [3.8, 4) is 17.2 Å². The van der Waals surface area contributed by atoms with Crippen LogP contribution < -0.4 is 24.4 Å². The Labute approximate surface area is 238 Å². The van der Waals surface area contributed by atoms with E-state index in [0.29, 0.717) is 28.7 Å². The lowest BCUT2D eigenvalue weighted by atomic mass is 9.99. The molecule has 0 bridgehead atoms. The fourth-order valence-corrected chi connectivity index (χ4v) is 4.42. The maximum atomic E-state index is 13.2. The molecule has 40 heavy (non-hydrogen) atoms. The van der Waals surface area contributed by atoms with Crippen LogP contribution in [0.1, 0.15) is 42.9 Å². The average molecular weight is 563 g/mol. The lowest BCUT2D eigenvalue weighted by molar-refractivity contribution is -0.122. The Balaban J connectivity index is 1.47. The van der Waals surface area contributed by atoms with E-state index in [0.717, 1.165) is 22.6 Å². The van der Waals surface area contributed by atoms with Gasteiger partial charge in [-0.25, -0.2) is 9.69 Å². The number of methoxy groups -OCH3 is 1. The molecule has 208 valence electrons. The number of ether oxygens (including phenoxy) is 3. The molecule has 8 nitrogen and oxygen atoms in total. The Hall–Kier alpha value is -4.30. The van der Waals surface area contributed by atoms with Crippen LogP contribution in [0.5, 0.6) is 17.2 Å². The summed E-state index contributed by atoms with van der Waals surface area (Å²) in [4.78, 5) is 39.1. The maximum absolute atomic E-state index is 13.2. The summed E-state index contributed by atoms with van der Waals surface area (Å²) in [6.45, 7) is 6.72. The largest absolute Gasteiger partial charge is 0.493 e. The third kappa shape index (κ3) is 6.46. The highest BCUT2D eigenvalue weighted by molar-refractivity contribution is 6.39. The first-order valence-corrected chi connectivity index (χ1v) is 13.3. The van der Waals surface area contributed by atoms with Gasteiger partial charge in [-0.1, -0.05) is 55.3 Å². The van der Waals surface area contributed by atoms with Crippen molar-refractivity contribution in [2.75, 3.05) is 25.2 Å². The Kier molecular flexibility index (Phi) is 9.11. The minimum Gasteiger partial charge on any atom is -0.493 e. The van der Waals surface area contributed by atoms with Gasteiger partial charge >= 0.3 is 6.03 Å². The lowest BCUT2D eigenvalue weighted by Crippen LogP contribution is -2.54. The van der Waals surface area contributed by atoms with Crippen molar-refractivity contribution in [3.05, 3.63) is 87.9 Å². The third-order valence-corrected chi connectivity index (χ3v) is 6.90. The number of aryl methyl sites for hydroxylation is 1. The molecule has 9 heteroatoms. The second kappa shape index (κ2) is 12.7. The topological polar surface area (TPSA) is 94.2 Å². The van der Waals surface area contributed by atoms with Crippen molar-refractivity contribution in [2.45, 2.75) is 33.1 Å². The lowest BCUT2D eigenvalue weighted by Gasteiger charge is -2.26. The van der Waals surface area contributed by atoms with Crippen molar-refractivity contribution in [2.24, 2.45) is 0 Å². The fraction of sp³-hybridized carbons (Fsp3) is 0.258. The van der Waals surface area contributed by atoms with Crippen molar-refractivity contribution >= 4 is 41.2 Å². The average Bonchev–Trinajstić information content (AvgIpc) is 2.94. The van der Waals surface area contributed by atoms with Crippen LogP contribution in [0.3, 0.4) is 0 Å². The molecular weight excluding hydrogens is 532 g/mol. The maximum Gasteiger partial charge on any atom is 0.335 e. The van der Waals surface area contributed by atoms with Crippen LogP contribution in [0.25, 0.3) is 6.08 Å². The first-order chi connectivity index (χ1) is 19.2. The second-order valence-electron chi connectivity index (χ2n) is 9.40. The molecular formula is C31H31ClN2O6. The van der Waals surface area contributed by atoms with E-state index in [9.17, 15) is 14.4 Å². The van der Waals surface area contributed by atoms with Gasteiger partial charge < -0.3 is 14.2 Å². The molecule has 0 saturated carbocycles. The van der Waals surface area contributed by atoms with Gasteiger partial charge in [0.25, 0.3) is 11.8 Å². The van der Waals surface area contributed by atoms with Crippen LogP contribution in [0, 0.1) is 6.92 Å². The molecule has 4 amide bonds. The summed E-state index contributed by atoms with van der Waals surface area (Å²) in [5, 5.41) is 2.43. The van der Waals surface area contributed by atoms with Crippen molar-refractivity contribution in [3.63, 3.8) is 0 Å². The molecule has 0 spiro atoms. The number of nitrogens with zero attached hydrogens (tertiary/aromatic N) is 1. The number of carbonyl (C=O) groups is 3. The van der Waals surface area contributed by atoms with E-state index in [1.807, 2.05) is 19.1 Å². The van der Waals surface area contributed by atoms with E-state index in [-0.39, 0.29) is 23.8 Å². The van der Waals surface area contributed by atoms with E-state index in [1.165, 1.54) is 18.7 Å². The number of anilines is 1. The highest BCUT2D eigenvalue weighted by Crippen LogP contribution is 2.37. The van der Waals surface area contributed by atoms with Gasteiger partial charge in [-0.3, -0.25) is 14.9 Å². The molecule has 3 aromatic carbocycles. The molecule has 1 saturated heterocycles. The van der Waals surface area contributed by atoms with Gasteiger partial charge in [0.05, 0.1) is 17.8 Å². The Morgan fingerprint density at radius 3 is 2.30 bits per heavy atom. The van der Waals surface area contributed by atoms with Gasteiger partial charge in [0.2, 0.25) is 0 Å². The number of hydrogen-bond donors (Lipinski definition) is 1. The molecule has 1 aliphatic rings. The standard InChI is InChI=1S/C31H31ClN2O6/c1-5-20(3)22-8-12-24(13-9-22)39-14-15-40-28-26(32)17-21(18-27(28)38-4)16-25-29(35)33-31(37)34(30(25)36)23-10-6-19(2)7-11-23/h6-13,16-18,20H,5,14-15H2,1-4H3,(H,33,35,37)/b25-16-/t20-/m0/s1. The first-order valence-electron chi connectivity index (χ1n) is 12.9. The van der Waals surface area contributed by atoms with Crippen LogP contribution in [-0.4, -0.2) is 38.2 Å². The van der Waals surface area contributed by atoms with Crippen LogP contribution in [0.4, 0.5) is 10.5 Å². The summed E-state index contributed by atoms with van der Waals surface area (Å²) in [7, 11) is 1.46. The molecule has 1 heterocycles. The summed E-state index contributed by atoms with van der Waals surface area (Å²) in [5.41, 5.74) is 2.77. The predicted octanol–water partition coefficient (Wildman–Crippen LogP) is 6.29. The minimum absolute atomic E-state index is 0.206. The number of hydrogen-bond acceptors (Lipinski definition) is 6. The van der Waals surface area contributed by atoms with Crippen molar-refractivity contribution < 1.29 is 28.6 Å². The summed E-state index contributed by atoms with van der Waals surface area (Å²) in [6.07, 6.45) is 2.43. The highest BCUT2D eigenvalue weighted by atomic mass is 35.5. The van der Waals surface area contributed by atoms with E-state index in [2.05, 4.69) is 31.3 Å². The molecule has 3 aromatic rings. The number of urea groups is 1. The summed E-state index contributed by atoms with van der Waals surface area (Å²) in [5.74, 6) is 0.297. The van der Waals surface area contributed by atoms with Gasteiger partial charge in [0, 0.05) is 0 Å². The van der Waals surface area contributed by atoms with Crippen LogP contribution in [0.2, 0.25) is 5.02 Å². The van der Waals surface area contributed by atoms with Crippen LogP contribution in [0.15, 0.2) is 66.2 Å². The van der Waals surface area contributed by atoms with Gasteiger partial charge in [0.15, 0.2) is 11.5 Å². The Morgan fingerprint density at radius 2 is 1.65 bits per heavy atom. The van der Waals surface area contributed by atoms with E-state index >= 15 is 0 Å². The van der Waals surface area contributed by atoms with Crippen LogP contribution in [-0.2, 0) is 9.59 Å². The molecule has 1 N–H and O–H groups in total. The van der Waals surface area contributed by atoms with Gasteiger partial charge in [-0.05, 0) is 72.9 Å². The normalized spacial score (nSPS) is 15.2. The number of nitrogens with one attached hydrogen (secondary N) is 1. The minimum atomic E-state index is -0.816. The molecule has 0 aromatic heterocycles. The first kappa shape index (κ1) is 28.7. The van der Waals surface area contributed by atoms with Gasteiger partial charge in [0.1, 0.15) is 24.5 Å². The summed E-state index contributed by atoms with van der Waals surface area (Å²) in [6, 6.07) is 17.1. The Bertz CT molecular complexity index is 1430. The van der Waals surface area contributed by atoms with Gasteiger partial charge in [-0.2, -0.15) is 0 Å². The number of amides is 4. The van der Waals surface area contributed by atoms with Crippen LogP contribution >= 0.6 is 11.6 Å². The highest BCUT2D eigenvalue weighted by Gasteiger charge is 2.36. The molecule has 1 fully saturated rings. The second-order valence-corrected chi connectivity index (χ2v) is 9.81.